The molecule has 1 unspecified atom stereocenters. The Balaban J connectivity index is 1.49. The number of nitrogen functional groups attached to an aromatic ring is 2. The van der Waals surface area contributed by atoms with Gasteiger partial charge in [0.15, 0.2) is 0 Å². The first-order valence-corrected chi connectivity index (χ1v) is 14.8. The number of nitrogens with two attached hydrogens (primary N) is 2. The van der Waals surface area contributed by atoms with Gasteiger partial charge in [-0.05, 0) is 55.1 Å². The van der Waals surface area contributed by atoms with Gasteiger partial charge in [-0.3, -0.25) is 20.4 Å². The maximum atomic E-state index is 14.0. The molecule has 0 saturated heterocycles. The van der Waals surface area contributed by atoms with E-state index in [4.69, 9.17) is 22.3 Å². The number of benzene rings is 2. The minimum Gasteiger partial charge on any atom is -0.384 e. The summed E-state index contributed by atoms with van der Waals surface area (Å²) < 4.78 is 0. The van der Waals surface area contributed by atoms with E-state index >= 15 is 0 Å². The SMILES string of the molecule is N=C(N)c1ccc(CNC(=O)[C@@H](NC(=O)C(Cc2ccc(C(=N)N)cc2)C2CCCCC2)C2CCCCC2)cc1. The molecule has 2 atom stereocenters. The average molecular weight is 545 g/mol. The Kier molecular flexibility index (Phi) is 10.3. The van der Waals surface area contributed by atoms with Gasteiger partial charge in [-0.15, -0.1) is 0 Å². The maximum Gasteiger partial charge on any atom is 0.243 e. The second-order valence-electron chi connectivity index (χ2n) is 11.5. The van der Waals surface area contributed by atoms with E-state index in [0.717, 1.165) is 62.5 Å². The van der Waals surface area contributed by atoms with E-state index in [1.165, 1.54) is 12.8 Å². The lowest BCUT2D eigenvalue weighted by atomic mass is 9.76. The van der Waals surface area contributed by atoms with Crippen LogP contribution in [-0.2, 0) is 22.6 Å². The summed E-state index contributed by atoms with van der Waals surface area (Å²) >= 11 is 0. The van der Waals surface area contributed by atoms with E-state index in [9.17, 15) is 9.59 Å². The van der Waals surface area contributed by atoms with Crippen LogP contribution in [0, 0.1) is 28.6 Å². The predicted octanol–water partition coefficient (Wildman–Crippen LogP) is 4.38. The van der Waals surface area contributed by atoms with Crippen molar-refractivity contribution < 1.29 is 9.59 Å². The first-order chi connectivity index (χ1) is 19.3. The van der Waals surface area contributed by atoms with Crippen LogP contribution in [0.25, 0.3) is 0 Å². The zero-order chi connectivity index (χ0) is 28.5. The summed E-state index contributed by atoms with van der Waals surface area (Å²) in [6.07, 6.45) is 11.3. The van der Waals surface area contributed by atoms with Gasteiger partial charge in [-0.2, -0.15) is 0 Å². The summed E-state index contributed by atoms with van der Waals surface area (Å²) in [5, 5.41) is 21.5. The Morgan fingerprint density at radius 1 is 0.700 bits per heavy atom. The van der Waals surface area contributed by atoms with Crippen molar-refractivity contribution in [1.82, 2.24) is 10.6 Å². The lowest BCUT2D eigenvalue weighted by molar-refractivity contribution is -0.134. The molecule has 4 rings (SSSR count). The molecule has 8 heteroatoms. The number of carbonyl (C=O) groups is 2. The Labute approximate surface area is 237 Å². The standard InChI is InChI=1S/C32H44N6O2/c33-29(34)25-15-11-21(12-16-25)19-27(23-7-3-1-4-8-23)31(39)38-28(24-9-5-2-6-10-24)32(40)37-20-22-13-17-26(18-14-22)30(35)36/h11-18,23-24,27-28H,1-10,19-20H2,(H3,33,34)(H3,35,36)(H,37,40)(H,38,39)/t27?,28-/m0/s1. The van der Waals surface area contributed by atoms with Gasteiger partial charge >= 0.3 is 0 Å². The van der Waals surface area contributed by atoms with Gasteiger partial charge in [0.2, 0.25) is 11.8 Å². The Hall–Kier alpha value is -3.68. The molecule has 2 aromatic carbocycles. The fraction of sp³-hybridized carbons (Fsp3) is 0.500. The van der Waals surface area contributed by atoms with Crippen LogP contribution in [-0.4, -0.2) is 29.5 Å². The molecule has 2 aromatic rings. The molecule has 2 aliphatic rings. The molecule has 8 nitrogen and oxygen atoms in total. The third-order valence-electron chi connectivity index (χ3n) is 8.71. The van der Waals surface area contributed by atoms with Crippen molar-refractivity contribution in [2.45, 2.75) is 83.2 Å². The van der Waals surface area contributed by atoms with Crippen molar-refractivity contribution in [1.29, 1.82) is 10.8 Å². The van der Waals surface area contributed by atoms with Gasteiger partial charge in [-0.25, -0.2) is 0 Å². The topological polar surface area (TPSA) is 158 Å². The van der Waals surface area contributed by atoms with Gasteiger partial charge < -0.3 is 22.1 Å². The second-order valence-corrected chi connectivity index (χ2v) is 11.5. The lowest BCUT2D eigenvalue weighted by Crippen LogP contribution is -2.53. The van der Waals surface area contributed by atoms with Crippen molar-refractivity contribution in [2.24, 2.45) is 29.2 Å². The molecule has 0 spiro atoms. The number of carbonyl (C=O) groups excluding carboxylic acids is 2. The highest BCUT2D eigenvalue weighted by molar-refractivity contribution is 5.95. The summed E-state index contributed by atoms with van der Waals surface area (Å²) in [7, 11) is 0. The minimum atomic E-state index is -0.560. The van der Waals surface area contributed by atoms with Crippen molar-refractivity contribution in [3.8, 4) is 0 Å². The largest absolute Gasteiger partial charge is 0.384 e. The van der Waals surface area contributed by atoms with E-state index in [0.29, 0.717) is 24.1 Å². The fourth-order valence-electron chi connectivity index (χ4n) is 6.31. The molecule has 2 aliphatic carbocycles. The zero-order valence-corrected chi connectivity index (χ0v) is 23.4. The fourth-order valence-corrected chi connectivity index (χ4v) is 6.31. The van der Waals surface area contributed by atoms with Gasteiger partial charge in [0.1, 0.15) is 17.7 Å². The Morgan fingerprint density at radius 3 is 1.68 bits per heavy atom. The zero-order valence-electron chi connectivity index (χ0n) is 23.4. The summed E-state index contributed by atoms with van der Waals surface area (Å²) in [5.74, 6) is 0.0858. The highest BCUT2D eigenvalue weighted by Crippen LogP contribution is 2.33. The molecule has 0 bridgehead atoms. The summed E-state index contributed by atoms with van der Waals surface area (Å²) in [4.78, 5) is 27.6. The van der Waals surface area contributed by atoms with Gasteiger partial charge in [0.25, 0.3) is 0 Å². The van der Waals surface area contributed by atoms with E-state index in [1.54, 1.807) is 12.1 Å². The third kappa shape index (κ3) is 7.93. The molecule has 0 radical (unpaired) electrons. The smallest absolute Gasteiger partial charge is 0.243 e. The van der Waals surface area contributed by atoms with Crippen LogP contribution in [0.15, 0.2) is 48.5 Å². The number of rotatable bonds is 11. The maximum absolute atomic E-state index is 14.0. The van der Waals surface area contributed by atoms with E-state index in [2.05, 4.69) is 10.6 Å². The quantitative estimate of drug-likeness (QED) is 0.183. The predicted molar refractivity (Wildman–Crippen MR) is 159 cm³/mol. The average Bonchev–Trinajstić information content (AvgIpc) is 2.98. The second kappa shape index (κ2) is 14.1. The Morgan fingerprint density at radius 2 is 1.18 bits per heavy atom. The van der Waals surface area contributed by atoms with E-state index < -0.39 is 6.04 Å². The van der Waals surface area contributed by atoms with Crippen LogP contribution < -0.4 is 22.1 Å². The summed E-state index contributed by atoms with van der Waals surface area (Å²) in [5.41, 5.74) is 14.5. The molecule has 40 heavy (non-hydrogen) atoms. The molecule has 214 valence electrons. The van der Waals surface area contributed by atoms with Gasteiger partial charge in [0, 0.05) is 23.6 Å². The number of amides is 2. The molecule has 0 aliphatic heterocycles. The lowest BCUT2D eigenvalue weighted by Gasteiger charge is -2.34. The highest BCUT2D eigenvalue weighted by Gasteiger charge is 2.35. The number of hydrogen-bond acceptors (Lipinski definition) is 4. The molecular weight excluding hydrogens is 500 g/mol. The van der Waals surface area contributed by atoms with E-state index in [1.807, 2.05) is 36.4 Å². The van der Waals surface area contributed by atoms with Crippen LogP contribution in [0.1, 0.15) is 86.5 Å². The Bertz CT molecular complexity index is 1160. The molecule has 0 aromatic heterocycles. The number of nitrogens with one attached hydrogen (secondary N) is 4. The molecule has 2 saturated carbocycles. The summed E-state index contributed by atoms with van der Waals surface area (Å²) in [6, 6.07) is 14.3. The van der Waals surface area contributed by atoms with Crippen LogP contribution in [0.3, 0.4) is 0 Å². The van der Waals surface area contributed by atoms with Crippen molar-refractivity contribution >= 4 is 23.5 Å². The van der Waals surface area contributed by atoms with Crippen LogP contribution in [0.5, 0.6) is 0 Å². The monoisotopic (exact) mass is 544 g/mol. The van der Waals surface area contributed by atoms with Crippen molar-refractivity contribution in [2.75, 3.05) is 0 Å². The number of amidine groups is 2. The van der Waals surface area contributed by atoms with Gasteiger partial charge in [-0.1, -0.05) is 87.1 Å². The molecule has 8 N–H and O–H groups in total. The van der Waals surface area contributed by atoms with E-state index in [-0.39, 0.29) is 41.2 Å². The van der Waals surface area contributed by atoms with Crippen LogP contribution in [0.2, 0.25) is 0 Å². The highest BCUT2D eigenvalue weighted by atomic mass is 16.2. The third-order valence-corrected chi connectivity index (χ3v) is 8.71. The first-order valence-electron chi connectivity index (χ1n) is 14.8. The molecule has 2 fully saturated rings. The molecule has 0 heterocycles. The van der Waals surface area contributed by atoms with Crippen LogP contribution >= 0.6 is 0 Å². The normalized spacial score (nSPS) is 17.9. The van der Waals surface area contributed by atoms with Crippen molar-refractivity contribution in [3.63, 3.8) is 0 Å². The molecular formula is C32H44N6O2. The minimum absolute atomic E-state index is 0.0120. The van der Waals surface area contributed by atoms with Crippen molar-refractivity contribution in [3.05, 3.63) is 70.8 Å². The van der Waals surface area contributed by atoms with Gasteiger partial charge in [0.05, 0.1) is 0 Å². The first kappa shape index (κ1) is 29.3. The van der Waals surface area contributed by atoms with Crippen LogP contribution in [0.4, 0.5) is 0 Å². The summed E-state index contributed by atoms with van der Waals surface area (Å²) in [6.45, 7) is 0.352. The number of hydrogen-bond donors (Lipinski definition) is 6. The molecule has 2 amide bonds.